The van der Waals surface area contributed by atoms with Crippen molar-refractivity contribution in [3.8, 4) is 0 Å². The summed E-state index contributed by atoms with van der Waals surface area (Å²) < 4.78 is 6.31. The van der Waals surface area contributed by atoms with Crippen molar-refractivity contribution in [2.75, 3.05) is 0 Å². The van der Waals surface area contributed by atoms with Crippen LogP contribution in [-0.4, -0.2) is 15.0 Å². The van der Waals surface area contributed by atoms with Crippen molar-refractivity contribution in [3.05, 3.63) is 54.4 Å². The molecule has 0 aliphatic heterocycles. The van der Waals surface area contributed by atoms with E-state index in [9.17, 15) is 0 Å². The number of benzene rings is 1. The highest BCUT2D eigenvalue weighted by Gasteiger charge is 2.10. The van der Waals surface area contributed by atoms with E-state index in [-0.39, 0.29) is 5.92 Å². The van der Waals surface area contributed by atoms with Crippen LogP contribution in [0.1, 0.15) is 27.7 Å². The van der Waals surface area contributed by atoms with Gasteiger partial charge in [-0.3, -0.25) is 0 Å². The number of amidine groups is 1. The van der Waals surface area contributed by atoms with E-state index in [1.54, 1.807) is 0 Å². The van der Waals surface area contributed by atoms with Gasteiger partial charge in [0.05, 0.1) is 16.7 Å². The van der Waals surface area contributed by atoms with Crippen LogP contribution in [0.3, 0.4) is 0 Å². The minimum absolute atomic E-state index is 0.113. The van der Waals surface area contributed by atoms with Crippen LogP contribution in [0.2, 0.25) is 0 Å². The molecular formula is C21H28N7+. The van der Waals surface area contributed by atoms with Gasteiger partial charge in [0.1, 0.15) is 7.05 Å². The Kier molecular flexibility index (Phi) is 6.13. The molecule has 146 valence electrons. The number of aromatic nitrogens is 3. The van der Waals surface area contributed by atoms with Gasteiger partial charge >= 0.3 is 0 Å². The summed E-state index contributed by atoms with van der Waals surface area (Å²) in [7, 11) is 1.97. The predicted molar refractivity (Wildman–Crippen MR) is 111 cm³/mol. The topological polar surface area (TPSA) is 63.2 Å². The lowest BCUT2D eigenvalue weighted by atomic mass is 10.2. The van der Waals surface area contributed by atoms with Gasteiger partial charge in [0.2, 0.25) is 5.62 Å². The van der Waals surface area contributed by atoms with E-state index in [0.717, 1.165) is 35.4 Å². The molecule has 7 nitrogen and oxygen atoms in total. The lowest BCUT2D eigenvalue weighted by Gasteiger charge is -2.02. The quantitative estimate of drug-likeness (QED) is 0.212. The minimum Gasteiger partial charge on any atom is -0.309 e. The van der Waals surface area contributed by atoms with Crippen LogP contribution in [0.25, 0.3) is 11.0 Å². The third-order valence-corrected chi connectivity index (χ3v) is 4.57. The minimum atomic E-state index is 0.113. The smallest absolute Gasteiger partial charge is 0.230 e. The number of para-hydroxylation sites is 2. The Balaban J connectivity index is 2.07. The second-order valence-corrected chi connectivity index (χ2v) is 6.91. The first-order valence-corrected chi connectivity index (χ1v) is 9.71. The summed E-state index contributed by atoms with van der Waals surface area (Å²) in [5.74, 6) is 0.714. The molecule has 0 bridgehead atoms. The SMILES string of the molecule is CCn1c(=NN=C(N=Nc2cc[n+](C)cc2)C(C)C)n(CC)c2ccccc21. The summed E-state index contributed by atoms with van der Waals surface area (Å²) in [6.45, 7) is 9.97. The molecule has 0 radical (unpaired) electrons. The first-order chi connectivity index (χ1) is 13.5. The van der Waals surface area contributed by atoms with E-state index < -0.39 is 0 Å². The average molecular weight is 379 g/mol. The summed E-state index contributed by atoms with van der Waals surface area (Å²) in [6.07, 6.45) is 3.88. The van der Waals surface area contributed by atoms with Crippen molar-refractivity contribution in [1.82, 2.24) is 9.13 Å². The molecule has 2 aromatic heterocycles. The Bertz CT molecular complexity index is 1020. The lowest BCUT2D eigenvalue weighted by molar-refractivity contribution is -0.671. The normalized spacial score (nSPS) is 12.4. The molecule has 28 heavy (non-hydrogen) atoms. The van der Waals surface area contributed by atoms with E-state index in [4.69, 9.17) is 0 Å². The van der Waals surface area contributed by atoms with Crippen molar-refractivity contribution in [1.29, 1.82) is 0 Å². The Morgan fingerprint density at radius 1 is 0.964 bits per heavy atom. The fourth-order valence-electron chi connectivity index (χ4n) is 3.03. The highest BCUT2D eigenvalue weighted by Crippen LogP contribution is 2.13. The number of hydrogen-bond acceptors (Lipinski definition) is 3. The molecule has 0 atom stereocenters. The van der Waals surface area contributed by atoms with Gasteiger partial charge in [0, 0.05) is 31.1 Å². The third kappa shape index (κ3) is 4.08. The summed E-state index contributed by atoms with van der Waals surface area (Å²) in [5, 5.41) is 17.7. The number of imidazole rings is 1. The molecule has 0 amide bonds. The number of azo groups is 1. The van der Waals surface area contributed by atoms with Crippen molar-refractivity contribution >= 4 is 22.6 Å². The molecule has 0 saturated heterocycles. The van der Waals surface area contributed by atoms with Gasteiger partial charge in [-0.25, -0.2) is 4.57 Å². The van der Waals surface area contributed by atoms with Gasteiger partial charge < -0.3 is 9.13 Å². The molecule has 0 unspecified atom stereocenters. The molecule has 3 aromatic rings. The largest absolute Gasteiger partial charge is 0.309 e. The van der Waals surface area contributed by atoms with Crippen LogP contribution in [0.5, 0.6) is 0 Å². The van der Waals surface area contributed by atoms with Crippen molar-refractivity contribution in [2.24, 2.45) is 33.4 Å². The van der Waals surface area contributed by atoms with Crippen LogP contribution in [0, 0.1) is 5.92 Å². The fraction of sp³-hybridized carbons (Fsp3) is 0.381. The van der Waals surface area contributed by atoms with Crippen LogP contribution in [0.4, 0.5) is 5.69 Å². The first-order valence-electron chi connectivity index (χ1n) is 9.71. The van der Waals surface area contributed by atoms with Gasteiger partial charge in [0.15, 0.2) is 18.2 Å². The number of rotatable bonds is 5. The summed E-state index contributed by atoms with van der Waals surface area (Å²) in [4.78, 5) is 0. The third-order valence-electron chi connectivity index (χ3n) is 4.57. The van der Waals surface area contributed by atoms with Crippen LogP contribution < -0.4 is 10.2 Å². The molecule has 0 aliphatic carbocycles. The van der Waals surface area contributed by atoms with Crippen LogP contribution in [0.15, 0.2) is 69.2 Å². The molecule has 0 fully saturated rings. The fourth-order valence-corrected chi connectivity index (χ4v) is 3.03. The molecule has 0 N–H and O–H groups in total. The number of aryl methyl sites for hydroxylation is 3. The zero-order chi connectivity index (χ0) is 20.1. The maximum atomic E-state index is 4.59. The van der Waals surface area contributed by atoms with Crippen molar-refractivity contribution in [3.63, 3.8) is 0 Å². The molecule has 0 saturated carbocycles. The van der Waals surface area contributed by atoms with E-state index in [1.807, 2.05) is 50.0 Å². The number of pyridine rings is 1. The Labute approximate surface area is 165 Å². The predicted octanol–water partition coefficient (Wildman–Crippen LogP) is 3.96. The number of nitrogens with zero attached hydrogens (tertiary/aromatic N) is 7. The van der Waals surface area contributed by atoms with Crippen molar-refractivity contribution < 1.29 is 4.57 Å². The average Bonchev–Trinajstić information content (AvgIpc) is 3.01. The zero-order valence-electron chi connectivity index (χ0n) is 17.2. The first kappa shape index (κ1) is 19.7. The maximum Gasteiger partial charge on any atom is 0.230 e. The van der Waals surface area contributed by atoms with Crippen LogP contribution in [-0.2, 0) is 20.1 Å². The monoisotopic (exact) mass is 378 g/mol. The molecule has 1 aromatic carbocycles. The zero-order valence-corrected chi connectivity index (χ0v) is 17.2. The number of fused-ring (bicyclic) bond motifs is 1. The second-order valence-electron chi connectivity index (χ2n) is 6.91. The number of hydrogen-bond donors (Lipinski definition) is 0. The van der Waals surface area contributed by atoms with Gasteiger partial charge in [0.25, 0.3) is 0 Å². The van der Waals surface area contributed by atoms with E-state index in [1.165, 1.54) is 0 Å². The Morgan fingerprint density at radius 3 is 2.04 bits per heavy atom. The van der Waals surface area contributed by atoms with Gasteiger partial charge in [-0.15, -0.1) is 20.4 Å². The van der Waals surface area contributed by atoms with E-state index in [2.05, 4.69) is 67.7 Å². The van der Waals surface area contributed by atoms with Crippen LogP contribution >= 0.6 is 0 Å². The molecule has 2 heterocycles. The highest BCUT2D eigenvalue weighted by atomic mass is 15.3. The molecule has 0 spiro atoms. The van der Waals surface area contributed by atoms with Crippen molar-refractivity contribution in [2.45, 2.75) is 40.8 Å². The maximum absolute atomic E-state index is 4.59. The molecule has 7 heteroatoms. The second kappa shape index (κ2) is 8.73. The highest BCUT2D eigenvalue weighted by molar-refractivity contribution is 5.84. The Morgan fingerprint density at radius 2 is 1.54 bits per heavy atom. The van der Waals surface area contributed by atoms with Gasteiger partial charge in [-0.2, -0.15) is 0 Å². The van der Waals surface area contributed by atoms with E-state index in [0.29, 0.717) is 5.84 Å². The summed E-state index contributed by atoms with van der Waals surface area (Å²) in [6, 6.07) is 12.2. The molecule has 0 aliphatic rings. The lowest BCUT2D eigenvalue weighted by Crippen LogP contribution is -2.25. The Hall–Kier alpha value is -3.09. The standard InChI is InChI=1S/C21H28N7/c1-6-27-18-10-8-9-11-19(18)28(7-2)21(27)25-24-20(16(3)4)23-22-17-12-14-26(5)15-13-17/h8-16H,6-7H2,1-5H3/q+1. The molecule has 3 rings (SSSR count). The van der Waals surface area contributed by atoms with Gasteiger partial charge in [-0.05, 0) is 26.0 Å². The van der Waals surface area contributed by atoms with Gasteiger partial charge in [-0.1, -0.05) is 26.0 Å². The van der Waals surface area contributed by atoms with E-state index >= 15 is 0 Å². The summed E-state index contributed by atoms with van der Waals surface area (Å²) >= 11 is 0. The molecular weight excluding hydrogens is 350 g/mol. The summed E-state index contributed by atoms with van der Waals surface area (Å²) in [5.41, 5.74) is 3.93.